The maximum Gasteiger partial charge on any atom is 0.363 e. The number of aliphatic imine (C=N–C) groups is 1. The number of nitrogens with zero attached hydrogens (tertiary/aromatic N) is 2. The molecule has 0 radical (unpaired) electrons. The number of benzene rings is 3. The Labute approximate surface area is 187 Å². The molecule has 0 saturated heterocycles. The molecule has 0 spiro atoms. The van der Waals surface area contributed by atoms with Crippen molar-refractivity contribution < 1.29 is 28.3 Å². The van der Waals surface area contributed by atoms with Gasteiger partial charge >= 0.3 is 5.97 Å². The molecular weight excluding hydrogens is 431 g/mol. The van der Waals surface area contributed by atoms with Crippen molar-refractivity contribution in [2.24, 2.45) is 4.99 Å². The minimum absolute atomic E-state index is 0.0303. The van der Waals surface area contributed by atoms with Gasteiger partial charge in [0.25, 0.3) is 5.69 Å². The molecule has 0 bridgehead atoms. The number of non-ortho nitro benzene ring substituents is 1. The zero-order chi connectivity index (χ0) is 23.4. The van der Waals surface area contributed by atoms with Crippen LogP contribution in [0.15, 0.2) is 77.4 Å². The standard InChI is InChI=1S/C24H17FN2O6/c1-31-21-7-3-5-17(22(21)32-14-15-4-2-6-19(12-15)27(29)30)13-20-24(28)33-23(26-20)16-8-10-18(25)11-9-16/h2-13H,14H2,1H3/b20-13-. The largest absolute Gasteiger partial charge is 0.493 e. The first-order chi connectivity index (χ1) is 15.9. The number of ether oxygens (including phenoxy) is 3. The summed E-state index contributed by atoms with van der Waals surface area (Å²) in [6, 6.07) is 16.6. The summed E-state index contributed by atoms with van der Waals surface area (Å²) in [5.74, 6) is -0.280. The Bertz CT molecular complexity index is 1280. The fraction of sp³-hybridized carbons (Fsp3) is 0.0833. The number of esters is 1. The van der Waals surface area contributed by atoms with E-state index < -0.39 is 16.7 Å². The van der Waals surface area contributed by atoms with Crippen LogP contribution in [0.5, 0.6) is 11.5 Å². The summed E-state index contributed by atoms with van der Waals surface area (Å²) in [6.45, 7) is 0.0345. The number of carbonyl (C=O) groups excluding carboxylic acids is 1. The third-order valence-corrected chi connectivity index (χ3v) is 4.74. The SMILES string of the molecule is COc1cccc(/C=C2\N=C(c3ccc(F)cc3)OC2=O)c1OCc1cccc([N+](=O)[O-])c1. The Morgan fingerprint density at radius 3 is 2.61 bits per heavy atom. The fourth-order valence-corrected chi connectivity index (χ4v) is 3.15. The van der Waals surface area contributed by atoms with Gasteiger partial charge < -0.3 is 14.2 Å². The third kappa shape index (κ3) is 4.87. The number of methoxy groups -OCH3 is 1. The minimum Gasteiger partial charge on any atom is -0.493 e. The van der Waals surface area contributed by atoms with Crippen LogP contribution in [0.2, 0.25) is 0 Å². The van der Waals surface area contributed by atoms with Crippen LogP contribution in [0.25, 0.3) is 6.08 Å². The molecule has 0 aliphatic carbocycles. The van der Waals surface area contributed by atoms with Crippen LogP contribution in [0.4, 0.5) is 10.1 Å². The Morgan fingerprint density at radius 1 is 1.12 bits per heavy atom. The number of hydrogen-bond donors (Lipinski definition) is 0. The van der Waals surface area contributed by atoms with Crippen molar-refractivity contribution in [2.75, 3.05) is 7.11 Å². The number of nitro benzene ring substituents is 1. The van der Waals surface area contributed by atoms with E-state index in [0.29, 0.717) is 28.2 Å². The number of para-hydroxylation sites is 1. The highest BCUT2D eigenvalue weighted by molar-refractivity contribution is 6.13. The van der Waals surface area contributed by atoms with Crippen molar-refractivity contribution in [3.8, 4) is 11.5 Å². The molecule has 0 saturated carbocycles. The van der Waals surface area contributed by atoms with Crippen molar-refractivity contribution in [1.82, 2.24) is 0 Å². The Balaban J connectivity index is 1.64. The molecule has 0 fully saturated rings. The molecule has 1 heterocycles. The van der Waals surface area contributed by atoms with Crippen LogP contribution >= 0.6 is 0 Å². The van der Waals surface area contributed by atoms with Gasteiger partial charge in [-0.2, -0.15) is 0 Å². The molecular formula is C24H17FN2O6. The van der Waals surface area contributed by atoms with Crippen molar-refractivity contribution in [1.29, 1.82) is 0 Å². The van der Waals surface area contributed by atoms with E-state index in [4.69, 9.17) is 14.2 Å². The number of cyclic esters (lactones) is 1. The lowest BCUT2D eigenvalue weighted by atomic mass is 10.1. The van der Waals surface area contributed by atoms with E-state index in [1.807, 2.05) is 0 Å². The molecule has 33 heavy (non-hydrogen) atoms. The smallest absolute Gasteiger partial charge is 0.363 e. The molecule has 166 valence electrons. The molecule has 8 nitrogen and oxygen atoms in total. The summed E-state index contributed by atoms with van der Waals surface area (Å²) >= 11 is 0. The van der Waals surface area contributed by atoms with Gasteiger partial charge in [-0.25, -0.2) is 14.2 Å². The van der Waals surface area contributed by atoms with E-state index >= 15 is 0 Å². The quantitative estimate of drug-likeness (QED) is 0.225. The molecule has 1 aliphatic heterocycles. The lowest BCUT2D eigenvalue weighted by Crippen LogP contribution is -2.05. The van der Waals surface area contributed by atoms with Crippen LogP contribution in [0, 0.1) is 15.9 Å². The zero-order valence-electron chi connectivity index (χ0n) is 17.4. The van der Waals surface area contributed by atoms with Gasteiger partial charge in [0.15, 0.2) is 17.2 Å². The van der Waals surface area contributed by atoms with Gasteiger partial charge in [-0.05, 0) is 42.0 Å². The van der Waals surface area contributed by atoms with Crippen molar-refractivity contribution >= 4 is 23.6 Å². The summed E-state index contributed by atoms with van der Waals surface area (Å²) in [5.41, 5.74) is 1.53. The van der Waals surface area contributed by atoms with Crippen molar-refractivity contribution in [3.63, 3.8) is 0 Å². The first-order valence-electron chi connectivity index (χ1n) is 9.76. The van der Waals surface area contributed by atoms with Gasteiger partial charge in [0, 0.05) is 23.3 Å². The maximum absolute atomic E-state index is 13.2. The second-order valence-corrected chi connectivity index (χ2v) is 6.94. The van der Waals surface area contributed by atoms with Crippen LogP contribution in [0.1, 0.15) is 16.7 Å². The number of rotatable bonds is 7. The molecule has 0 unspecified atom stereocenters. The summed E-state index contributed by atoms with van der Waals surface area (Å²) in [7, 11) is 1.47. The fourth-order valence-electron chi connectivity index (χ4n) is 3.15. The highest BCUT2D eigenvalue weighted by atomic mass is 19.1. The molecule has 1 aliphatic rings. The number of halogens is 1. The second kappa shape index (κ2) is 9.31. The lowest BCUT2D eigenvalue weighted by Gasteiger charge is -2.13. The van der Waals surface area contributed by atoms with Crippen LogP contribution in [-0.2, 0) is 16.1 Å². The van der Waals surface area contributed by atoms with Gasteiger partial charge in [-0.3, -0.25) is 10.1 Å². The number of nitro groups is 1. The van der Waals surface area contributed by atoms with E-state index in [1.165, 1.54) is 49.6 Å². The van der Waals surface area contributed by atoms with E-state index in [0.717, 1.165) is 0 Å². The highest BCUT2D eigenvalue weighted by Gasteiger charge is 2.25. The highest BCUT2D eigenvalue weighted by Crippen LogP contribution is 2.34. The predicted molar refractivity (Wildman–Crippen MR) is 117 cm³/mol. The minimum atomic E-state index is -0.665. The second-order valence-electron chi connectivity index (χ2n) is 6.94. The van der Waals surface area contributed by atoms with Crippen LogP contribution in [-0.4, -0.2) is 23.9 Å². The van der Waals surface area contributed by atoms with E-state index in [1.54, 1.807) is 30.3 Å². The molecule has 4 rings (SSSR count). The van der Waals surface area contributed by atoms with E-state index in [-0.39, 0.29) is 23.9 Å². The average Bonchev–Trinajstić information content (AvgIpc) is 3.18. The molecule has 9 heteroatoms. The van der Waals surface area contributed by atoms with Gasteiger partial charge in [0.2, 0.25) is 5.90 Å². The Hall–Kier alpha value is -4.53. The first-order valence-corrected chi connectivity index (χ1v) is 9.76. The third-order valence-electron chi connectivity index (χ3n) is 4.74. The predicted octanol–water partition coefficient (Wildman–Crippen LogP) is 4.67. The van der Waals surface area contributed by atoms with Crippen molar-refractivity contribution in [2.45, 2.75) is 6.61 Å². The lowest BCUT2D eigenvalue weighted by molar-refractivity contribution is -0.384. The van der Waals surface area contributed by atoms with Crippen LogP contribution in [0.3, 0.4) is 0 Å². The normalized spacial score (nSPS) is 14.1. The topological polar surface area (TPSA) is 100 Å². The average molecular weight is 448 g/mol. The zero-order valence-corrected chi connectivity index (χ0v) is 17.4. The molecule has 3 aromatic rings. The Kier molecular flexibility index (Phi) is 6.12. The maximum atomic E-state index is 13.2. The molecule has 0 amide bonds. The summed E-state index contributed by atoms with van der Waals surface area (Å²) in [5, 5.41) is 11.0. The molecule has 0 N–H and O–H groups in total. The van der Waals surface area contributed by atoms with Gasteiger partial charge in [0.1, 0.15) is 12.4 Å². The number of carbonyl (C=O) groups is 1. The summed E-state index contributed by atoms with van der Waals surface area (Å²) in [4.78, 5) is 27.1. The monoisotopic (exact) mass is 448 g/mol. The summed E-state index contributed by atoms with van der Waals surface area (Å²) in [6.07, 6.45) is 1.49. The summed E-state index contributed by atoms with van der Waals surface area (Å²) < 4.78 is 29.7. The van der Waals surface area contributed by atoms with Crippen molar-refractivity contribution in [3.05, 3.63) is 105 Å². The van der Waals surface area contributed by atoms with E-state index in [2.05, 4.69) is 4.99 Å². The number of hydrogen-bond acceptors (Lipinski definition) is 7. The van der Waals surface area contributed by atoms with Gasteiger partial charge in [-0.1, -0.05) is 24.3 Å². The van der Waals surface area contributed by atoms with Gasteiger partial charge in [-0.15, -0.1) is 0 Å². The molecule has 0 atom stereocenters. The van der Waals surface area contributed by atoms with Gasteiger partial charge in [0.05, 0.1) is 12.0 Å². The molecule has 3 aromatic carbocycles. The van der Waals surface area contributed by atoms with Crippen LogP contribution < -0.4 is 9.47 Å². The Morgan fingerprint density at radius 2 is 1.88 bits per heavy atom. The first kappa shape index (κ1) is 21.7. The van der Waals surface area contributed by atoms with E-state index in [9.17, 15) is 19.3 Å². The molecule has 0 aromatic heterocycles.